The third-order valence-electron chi connectivity index (χ3n) is 4.27. The number of hydrogen-bond donors (Lipinski definition) is 1. The van der Waals surface area contributed by atoms with Gasteiger partial charge in [-0.05, 0) is 48.0 Å². The quantitative estimate of drug-likeness (QED) is 0.372. The van der Waals surface area contributed by atoms with E-state index in [1.54, 1.807) is 30.2 Å². The second kappa shape index (κ2) is 9.13. The van der Waals surface area contributed by atoms with E-state index in [4.69, 9.17) is 4.42 Å². The van der Waals surface area contributed by atoms with E-state index in [9.17, 15) is 4.79 Å². The Balaban J connectivity index is 1.63. The summed E-state index contributed by atoms with van der Waals surface area (Å²) < 4.78 is 5.43. The van der Waals surface area contributed by atoms with Crippen LogP contribution in [0.3, 0.4) is 0 Å². The van der Waals surface area contributed by atoms with Crippen LogP contribution in [0, 0.1) is 0 Å². The largest absolute Gasteiger partial charge is 0.465 e. The highest BCUT2D eigenvalue weighted by Crippen LogP contribution is 2.34. The second-order valence-corrected chi connectivity index (χ2v) is 7.42. The third kappa shape index (κ3) is 4.86. The average Bonchev–Trinajstić information content (AvgIpc) is 3.28. The molecular formula is C25H19NO2S. The van der Waals surface area contributed by atoms with E-state index in [0.717, 1.165) is 21.0 Å². The van der Waals surface area contributed by atoms with Gasteiger partial charge < -0.3 is 9.73 Å². The third-order valence-corrected chi connectivity index (χ3v) is 5.35. The lowest BCUT2D eigenvalue weighted by Gasteiger charge is -2.13. The lowest BCUT2D eigenvalue weighted by Crippen LogP contribution is -2.14. The van der Waals surface area contributed by atoms with Crippen molar-refractivity contribution in [1.82, 2.24) is 0 Å². The highest BCUT2D eigenvalue weighted by Gasteiger charge is 2.15. The molecule has 4 aromatic rings. The van der Waals surface area contributed by atoms with Crippen molar-refractivity contribution >= 4 is 35.0 Å². The average molecular weight is 397 g/mol. The van der Waals surface area contributed by atoms with E-state index in [0.29, 0.717) is 11.3 Å². The van der Waals surface area contributed by atoms with Gasteiger partial charge in [0, 0.05) is 9.79 Å². The van der Waals surface area contributed by atoms with Crippen LogP contribution >= 0.6 is 11.8 Å². The van der Waals surface area contributed by atoms with E-state index >= 15 is 0 Å². The summed E-state index contributed by atoms with van der Waals surface area (Å²) in [5, 5.41) is 3.07. The molecule has 0 radical (unpaired) electrons. The molecular weight excluding hydrogens is 378 g/mol. The molecule has 0 saturated heterocycles. The summed E-state index contributed by atoms with van der Waals surface area (Å²) in [4.78, 5) is 15.3. The highest BCUT2D eigenvalue weighted by molar-refractivity contribution is 7.99. The predicted molar refractivity (Wildman–Crippen MR) is 119 cm³/mol. The minimum absolute atomic E-state index is 0.186. The Morgan fingerprint density at radius 1 is 0.793 bits per heavy atom. The van der Waals surface area contributed by atoms with Gasteiger partial charge in [0.05, 0.1) is 17.5 Å². The Morgan fingerprint density at radius 3 is 2.21 bits per heavy atom. The molecule has 4 heteroatoms. The SMILES string of the molecule is O=C(Nc1ccccc1Sc1ccccc1)/C(=C/c1ccco1)c1ccccc1. The minimum atomic E-state index is -0.186. The summed E-state index contributed by atoms with van der Waals surface area (Å²) in [6, 6.07) is 31.1. The molecule has 142 valence electrons. The maximum atomic E-state index is 13.2. The molecule has 4 rings (SSSR count). The van der Waals surface area contributed by atoms with E-state index in [2.05, 4.69) is 17.4 Å². The van der Waals surface area contributed by atoms with Crippen molar-refractivity contribution < 1.29 is 9.21 Å². The first-order valence-corrected chi connectivity index (χ1v) is 10.1. The predicted octanol–water partition coefficient (Wildman–Crippen LogP) is 6.61. The smallest absolute Gasteiger partial charge is 0.256 e. The fourth-order valence-corrected chi connectivity index (χ4v) is 3.80. The van der Waals surface area contributed by atoms with Crippen LogP contribution in [0.2, 0.25) is 0 Å². The molecule has 1 amide bonds. The Kier molecular flexibility index (Phi) is 5.93. The van der Waals surface area contributed by atoms with Gasteiger partial charge in [-0.15, -0.1) is 0 Å². The lowest BCUT2D eigenvalue weighted by atomic mass is 10.0. The standard InChI is InChI=1S/C25H19NO2S/c27-25(22(18-20-12-9-17-28-20)19-10-3-1-4-11-19)26-23-15-7-8-16-24(23)29-21-13-5-2-6-14-21/h1-18H,(H,26,27)/b22-18+. The Labute approximate surface area is 174 Å². The number of furan rings is 1. The van der Waals surface area contributed by atoms with Crippen LogP contribution < -0.4 is 5.32 Å². The number of hydrogen-bond acceptors (Lipinski definition) is 3. The Bertz CT molecular complexity index is 1100. The summed E-state index contributed by atoms with van der Waals surface area (Å²) in [7, 11) is 0. The van der Waals surface area contributed by atoms with Gasteiger partial charge >= 0.3 is 0 Å². The summed E-state index contributed by atoms with van der Waals surface area (Å²) in [5.41, 5.74) is 2.14. The monoisotopic (exact) mass is 397 g/mol. The summed E-state index contributed by atoms with van der Waals surface area (Å²) >= 11 is 1.62. The zero-order valence-electron chi connectivity index (χ0n) is 15.6. The molecule has 0 spiro atoms. The highest BCUT2D eigenvalue weighted by atomic mass is 32.2. The number of carbonyl (C=O) groups is 1. The number of benzene rings is 3. The van der Waals surface area contributed by atoms with Gasteiger partial charge in [-0.3, -0.25) is 4.79 Å². The van der Waals surface area contributed by atoms with Gasteiger partial charge in [0.1, 0.15) is 5.76 Å². The van der Waals surface area contributed by atoms with Crippen LogP contribution in [0.1, 0.15) is 11.3 Å². The maximum absolute atomic E-state index is 13.2. The number of amides is 1. The molecule has 0 fully saturated rings. The first kappa shape index (κ1) is 18.8. The number of para-hydroxylation sites is 1. The van der Waals surface area contributed by atoms with Crippen LogP contribution in [-0.4, -0.2) is 5.91 Å². The zero-order chi connectivity index (χ0) is 19.9. The van der Waals surface area contributed by atoms with Crippen LogP contribution in [0.15, 0.2) is 118 Å². The number of rotatable bonds is 6. The van der Waals surface area contributed by atoms with Crippen LogP contribution in [-0.2, 0) is 4.79 Å². The molecule has 0 bridgehead atoms. The molecule has 1 heterocycles. The van der Waals surface area contributed by atoms with Gasteiger partial charge in [-0.2, -0.15) is 0 Å². The fourth-order valence-electron chi connectivity index (χ4n) is 2.88. The van der Waals surface area contributed by atoms with Crippen molar-refractivity contribution in [1.29, 1.82) is 0 Å². The van der Waals surface area contributed by atoms with Crippen molar-refractivity contribution in [2.75, 3.05) is 5.32 Å². The van der Waals surface area contributed by atoms with E-state index in [1.807, 2.05) is 78.9 Å². The molecule has 29 heavy (non-hydrogen) atoms. The van der Waals surface area contributed by atoms with Gasteiger partial charge in [-0.25, -0.2) is 0 Å². The first-order chi connectivity index (χ1) is 14.3. The lowest BCUT2D eigenvalue weighted by molar-refractivity contribution is -0.111. The molecule has 3 nitrogen and oxygen atoms in total. The van der Waals surface area contributed by atoms with Crippen molar-refractivity contribution in [3.8, 4) is 0 Å². The number of carbonyl (C=O) groups excluding carboxylic acids is 1. The zero-order valence-corrected chi connectivity index (χ0v) is 16.4. The topological polar surface area (TPSA) is 42.2 Å². The Morgan fingerprint density at radius 2 is 1.48 bits per heavy atom. The molecule has 1 N–H and O–H groups in total. The number of nitrogens with one attached hydrogen (secondary N) is 1. The van der Waals surface area contributed by atoms with E-state index < -0.39 is 0 Å². The van der Waals surface area contributed by atoms with Crippen molar-refractivity contribution in [3.05, 3.63) is 115 Å². The Hall–Kier alpha value is -3.50. The van der Waals surface area contributed by atoms with Crippen LogP contribution in [0.4, 0.5) is 5.69 Å². The molecule has 0 unspecified atom stereocenters. The van der Waals surface area contributed by atoms with Crippen molar-refractivity contribution in [3.63, 3.8) is 0 Å². The summed E-state index contributed by atoms with van der Waals surface area (Å²) in [6.45, 7) is 0. The van der Waals surface area contributed by atoms with E-state index in [-0.39, 0.29) is 5.91 Å². The first-order valence-electron chi connectivity index (χ1n) is 9.23. The van der Waals surface area contributed by atoms with Crippen LogP contribution in [0.5, 0.6) is 0 Å². The van der Waals surface area contributed by atoms with Crippen LogP contribution in [0.25, 0.3) is 11.6 Å². The number of anilines is 1. The molecule has 3 aromatic carbocycles. The molecule has 0 atom stereocenters. The van der Waals surface area contributed by atoms with Gasteiger partial charge in [0.15, 0.2) is 0 Å². The molecule has 0 aliphatic heterocycles. The maximum Gasteiger partial charge on any atom is 0.256 e. The molecule has 0 saturated carbocycles. The normalized spacial score (nSPS) is 11.2. The molecule has 1 aromatic heterocycles. The van der Waals surface area contributed by atoms with Gasteiger partial charge in [-0.1, -0.05) is 72.4 Å². The van der Waals surface area contributed by atoms with Crippen molar-refractivity contribution in [2.45, 2.75) is 9.79 Å². The molecule has 0 aliphatic carbocycles. The minimum Gasteiger partial charge on any atom is -0.465 e. The van der Waals surface area contributed by atoms with Crippen molar-refractivity contribution in [2.24, 2.45) is 0 Å². The van der Waals surface area contributed by atoms with E-state index in [1.165, 1.54) is 0 Å². The molecule has 0 aliphatic rings. The summed E-state index contributed by atoms with van der Waals surface area (Å²) in [6.07, 6.45) is 3.36. The second-order valence-electron chi connectivity index (χ2n) is 6.30. The summed E-state index contributed by atoms with van der Waals surface area (Å²) in [5.74, 6) is 0.444. The van der Waals surface area contributed by atoms with Gasteiger partial charge in [0.25, 0.3) is 5.91 Å². The fraction of sp³-hybridized carbons (Fsp3) is 0. The van der Waals surface area contributed by atoms with Gasteiger partial charge in [0.2, 0.25) is 0 Å².